The molecule has 0 saturated carbocycles. The molecule has 70 valence electrons. The van der Waals surface area contributed by atoms with E-state index in [0.717, 1.165) is 11.3 Å². The van der Waals surface area contributed by atoms with Gasteiger partial charge in [-0.1, -0.05) is 12.1 Å². The Bertz CT molecular complexity index is 321. The van der Waals surface area contributed by atoms with E-state index in [1.54, 1.807) is 14.1 Å². The third kappa shape index (κ3) is 1.80. The van der Waals surface area contributed by atoms with Crippen LogP contribution in [0.25, 0.3) is 0 Å². The number of carbonyl (C=O) groups excluding carboxylic acids is 1. The summed E-state index contributed by atoms with van der Waals surface area (Å²) in [7, 11) is 3.44. The van der Waals surface area contributed by atoms with E-state index in [4.69, 9.17) is 0 Å². The summed E-state index contributed by atoms with van der Waals surface area (Å²) in [6.45, 7) is 1.92. The predicted octanol–water partition coefficient (Wildman–Crippen LogP) is 1.40. The van der Waals surface area contributed by atoms with E-state index in [2.05, 4.69) is 10.6 Å². The van der Waals surface area contributed by atoms with Crippen molar-refractivity contribution in [2.45, 2.75) is 6.92 Å². The molecular weight excluding hydrogens is 164 g/mol. The SMILES string of the molecule is CNC(=O)c1c(C)cccc1NC. The van der Waals surface area contributed by atoms with Gasteiger partial charge in [-0.2, -0.15) is 0 Å². The first-order chi connectivity index (χ1) is 6.20. The predicted molar refractivity (Wildman–Crippen MR) is 54.1 cm³/mol. The van der Waals surface area contributed by atoms with Crippen molar-refractivity contribution in [1.82, 2.24) is 5.32 Å². The lowest BCUT2D eigenvalue weighted by atomic mass is 10.1. The van der Waals surface area contributed by atoms with Gasteiger partial charge in [-0.3, -0.25) is 4.79 Å². The molecule has 0 atom stereocenters. The molecule has 0 aliphatic heterocycles. The fourth-order valence-corrected chi connectivity index (χ4v) is 1.30. The van der Waals surface area contributed by atoms with Gasteiger partial charge in [-0.25, -0.2) is 0 Å². The molecule has 1 rings (SSSR count). The maximum atomic E-state index is 11.5. The molecule has 0 fully saturated rings. The van der Waals surface area contributed by atoms with Gasteiger partial charge >= 0.3 is 0 Å². The Balaban J connectivity index is 3.22. The van der Waals surface area contributed by atoms with Crippen molar-refractivity contribution in [2.24, 2.45) is 0 Å². The van der Waals surface area contributed by atoms with Crippen LogP contribution in [0.15, 0.2) is 18.2 Å². The number of carbonyl (C=O) groups is 1. The number of amides is 1. The minimum atomic E-state index is -0.0533. The molecule has 0 spiro atoms. The van der Waals surface area contributed by atoms with Crippen molar-refractivity contribution >= 4 is 11.6 Å². The lowest BCUT2D eigenvalue weighted by Gasteiger charge is -2.10. The van der Waals surface area contributed by atoms with Gasteiger partial charge in [0.25, 0.3) is 5.91 Å². The van der Waals surface area contributed by atoms with E-state index < -0.39 is 0 Å². The quantitative estimate of drug-likeness (QED) is 0.718. The van der Waals surface area contributed by atoms with Gasteiger partial charge < -0.3 is 10.6 Å². The van der Waals surface area contributed by atoms with Crippen molar-refractivity contribution in [3.05, 3.63) is 29.3 Å². The van der Waals surface area contributed by atoms with Crippen LogP contribution >= 0.6 is 0 Å². The largest absolute Gasteiger partial charge is 0.387 e. The highest BCUT2D eigenvalue weighted by atomic mass is 16.1. The van der Waals surface area contributed by atoms with Crippen LogP contribution in [0.1, 0.15) is 15.9 Å². The van der Waals surface area contributed by atoms with Crippen LogP contribution < -0.4 is 10.6 Å². The van der Waals surface area contributed by atoms with Crippen LogP contribution in [0.4, 0.5) is 5.69 Å². The molecule has 0 aliphatic carbocycles. The van der Waals surface area contributed by atoms with E-state index in [-0.39, 0.29) is 5.91 Å². The molecule has 1 aromatic rings. The molecule has 2 N–H and O–H groups in total. The molecule has 0 aromatic heterocycles. The lowest BCUT2D eigenvalue weighted by Crippen LogP contribution is -2.20. The van der Waals surface area contributed by atoms with Crippen LogP contribution in [0, 0.1) is 6.92 Å². The van der Waals surface area contributed by atoms with Gasteiger partial charge in [0, 0.05) is 19.8 Å². The second-order valence-electron chi connectivity index (χ2n) is 2.83. The minimum absolute atomic E-state index is 0.0533. The lowest BCUT2D eigenvalue weighted by molar-refractivity contribution is 0.0963. The van der Waals surface area contributed by atoms with Crippen LogP contribution in [0.5, 0.6) is 0 Å². The Morgan fingerprint density at radius 2 is 2.00 bits per heavy atom. The van der Waals surface area contributed by atoms with Crippen LogP contribution in [-0.4, -0.2) is 20.0 Å². The maximum Gasteiger partial charge on any atom is 0.253 e. The Morgan fingerprint density at radius 3 is 2.54 bits per heavy atom. The van der Waals surface area contributed by atoms with E-state index in [1.165, 1.54) is 0 Å². The average Bonchev–Trinajstić information content (AvgIpc) is 2.16. The number of nitrogens with one attached hydrogen (secondary N) is 2. The zero-order valence-corrected chi connectivity index (χ0v) is 8.14. The molecule has 0 aliphatic rings. The molecule has 0 saturated heterocycles. The zero-order chi connectivity index (χ0) is 9.84. The van der Waals surface area contributed by atoms with Gasteiger partial charge in [0.15, 0.2) is 0 Å². The number of hydrogen-bond donors (Lipinski definition) is 2. The Hall–Kier alpha value is -1.51. The normalized spacial score (nSPS) is 9.46. The molecule has 0 radical (unpaired) electrons. The number of rotatable bonds is 2. The Morgan fingerprint density at radius 1 is 1.31 bits per heavy atom. The third-order valence-electron chi connectivity index (χ3n) is 2.00. The van der Waals surface area contributed by atoms with Gasteiger partial charge in [0.05, 0.1) is 5.56 Å². The van der Waals surface area contributed by atoms with Crippen molar-refractivity contribution in [2.75, 3.05) is 19.4 Å². The summed E-state index contributed by atoms with van der Waals surface area (Å²) in [5.41, 5.74) is 2.55. The second-order valence-corrected chi connectivity index (χ2v) is 2.83. The van der Waals surface area contributed by atoms with E-state index >= 15 is 0 Å². The maximum absolute atomic E-state index is 11.5. The zero-order valence-electron chi connectivity index (χ0n) is 8.14. The van der Waals surface area contributed by atoms with Crippen LogP contribution in [-0.2, 0) is 0 Å². The van der Waals surface area contributed by atoms with Crippen molar-refractivity contribution in [3.8, 4) is 0 Å². The topological polar surface area (TPSA) is 41.1 Å². The molecule has 0 heterocycles. The number of benzene rings is 1. The van der Waals surface area contributed by atoms with Gasteiger partial charge in [-0.15, -0.1) is 0 Å². The molecule has 0 bridgehead atoms. The van der Waals surface area contributed by atoms with Crippen LogP contribution in [0.3, 0.4) is 0 Å². The second kappa shape index (κ2) is 3.94. The number of aryl methyl sites for hydroxylation is 1. The molecule has 0 unspecified atom stereocenters. The van der Waals surface area contributed by atoms with Gasteiger partial charge in [0.2, 0.25) is 0 Å². The average molecular weight is 178 g/mol. The van der Waals surface area contributed by atoms with Crippen molar-refractivity contribution in [3.63, 3.8) is 0 Å². The summed E-state index contributed by atoms with van der Waals surface area (Å²) in [5, 5.41) is 5.61. The van der Waals surface area contributed by atoms with Crippen LogP contribution in [0.2, 0.25) is 0 Å². The molecule has 13 heavy (non-hydrogen) atoms. The van der Waals surface area contributed by atoms with E-state index in [9.17, 15) is 4.79 Å². The third-order valence-corrected chi connectivity index (χ3v) is 2.00. The highest BCUT2D eigenvalue weighted by molar-refractivity contribution is 6.00. The number of anilines is 1. The summed E-state index contributed by atoms with van der Waals surface area (Å²) in [6, 6.07) is 5.73. The highest BCUT2D eigenvalue weighted by Gasteiger charge is 2.10. The summed E-state index contributed by atoms with van der Waals surface area (Å²) in [5.74, 6) is -0.0533. The minimum Gasteiger partial charge on any atom is -0.387 e. The summed E-state index contributed by atoms with van der Waals surface area (Å²) >= 11 is 0. The summed E-state index contributed by atoms with van der Waals surface area (Å²) < 4.78 is 0. The fraction of sp³-hybridized carbons (Fsp3) is 0.300. The molecule has 3 nitrogen and oxygen atoms in total. The Labute approximate surface area is 78.2 Å². The van der Waals surface area contributed by atoms with Gasteiger partial charge in [-0.05, 0) is 18.6 Å². The van der Waals surface area contributed by atoms with Crippen molar-refractivity contribution in [1.29, 1.82) is 0 Å². The Kier molecular flexibility index (Phi) is 2.90. The first-order valence-corrected chi connectivity index (χ1v) is 4.20. The van der Waals surface area contributed by atoms with E-state index in [0.29, 0.717) is 5.56 Å². The standard InChI is InChI=1S/C10H14N2O/c1-7-5-4-6-8(11-2)9(7)10(13)12-3/h4-6,11H,1-3H3,(H,12,13). The molecule has 1 aromatic carbocycles. The first-order valence-electron chi connectivity index (χ1n) is 4.20. The fourth-order valence-electron chi connectivity index (χ4n) is 1.30. The molecular formula is C10H14N2O. The first kappa shape index (κ1) is 9.58. The van der Waals surface area contributed by atoms with Crippen molar-refractivity contribution < 1.29 is 4.79 Å². The van der Waals surface area contributed by atoms with E-state index in [1.807, 2.05) is 25.1 Å². The molecule has 1 amide bonds. The van der Waals surface area contributed by atoms with Gasteiger partial charge in [0.1, 0.15) is 0 Å². The smallest absolute Gasteiger partial charge is 0.253 e. The monoisotopic (exact) mass is 178 g/mol. The summed E-state index contributed by atoms with van der Waals surface area (Å²) in [6.07, 6.45) is 0. The number of hydrogen-bond acceptors (Lipinski definition) is 2. The summed E-state index contributed by atoms with van der Waals surface area (Å²) in [4.78, 5) is 11.5. The molecule has 3 heteroatoms. The highest BCUT2D eigenvalue weighted by Crippen LogP contribution is 2.18.